The van der Waals surface area contributed by atoms with Crippen LogP contribution in [0.15, 0.2) is 54.3 Å². The van der Waals surface area contributed by atoms with Crippen molar-refractivity contribution in [2.24, 2.45) is 0 Å². The molecule has 0 saturated heterocycles. The first-order valence-electron chi connectivity index (χ1n) is 5.38. The third-order valence-electron chi connectivity index (χ3n) is 2.51. The molecule has 0 amide bonds. The van der Waals surface area contributed by atoms with E-state index in [1.54, 1.807) is 23.7 Å². The Kier molecular flexibility index (Phi) is 2.71. The van der Waals surface area contributed by atoms with Gasteiger partial charge in [0.15, 0.2) is 0 Å². The maximum atomic E-state index is 4.55. The summed E-state index contributed by atoms with van der Waals surface area (Å²) in [6.45, 7) is 0.786. The van der Waals surface area contributed by atoms with Gasteiger partial charge in [0.25, 0.3) is 0 Å². The average molecular weight is 241 g/mol. The minimum Gasteiger partial charge on any atom is -0.268 e. The fourth-order valence-electron chi connectivity index (χ4n) is 1.68. The summed E-state index contributed by atoms with van der Waals surface area (Å²) in [5.41, 5.74) is 2.25. The van der Waals surface area contributed by atoms with Crippen molar-refractivity contribution < 1.29 is 0 Å². The van der Waals surface area contributed by atoms with Gasteiger partial charge in [-0.2, -0.15) is 5.10 Å². The van der Waals surface area contributed by atoms with E-state index >= 15 is 0 Å². The summed E-state index contributed by atoms with van der Waals surface area (Å²) >= 11 is 1.71. The van der Waals surface area contributed by atoms with Crippen molar-refractivity contribution >= 4 is 11.3 Å². The Morgan fingerprint density at radius 1 is 1.12 bits per heavy atom. The number of thiophene rings is 1. The third kappa shape index (κ3) is 2.26. The highest BCUT2D eigenvalue weighted by atomic mass is 32.1. The van der Waals surface area contributed by atoms with Crippen LogP contribution in [0.3, 0.4) is 0 Å². The molecule has 0 radical (unpaired) electrons. The summed E-state index contributed by atoms with van der Waals surface area (Å²) in [6, 6.07) is 10.2. The SMILES string of the molecule is c1csc(-c2ccn(Cc3ccncc3)n2)c1. The molecular weight excluding hydrogens is 230 g/mol. The van der Waals surface area contributed by atoms with Crippen LogP contribution in [-0.2, 0) is 6.54 Å². The lowest BCUT2D eigenvalue weighted by Gasteiger charge is -2.00. The Bertz CT molecular complexity index is 584. The Balaban J connectivity index is 1.82. The van der Waals surface area contributed by atoms with Gasteiger partial charge in [-0.1, -0.05) is 6.07 Å². The predicted octanol–water partition coefficient (Wildman–Crippen LogP) is 3.05. The van der Waals surface area contributed by atoms with Gasteiger partial charge in [0.2, 0.25) is 0 Å². The van der Waals surface area contributed by atoms with Crippen molar-refractivity contribution in [3.63, 3.8) is 0 Å². The molecule has 0 spiro atoms. The molecule has 3 heterocycles. The molecule has 3 rings (SSSR count). The molecule has 0 aliphatic heterocycles. The lowest BCUT2D eigenvalue weighted by molar-refractivity contribution is 0.689. The van der Waals surface area contributed by atoms with Gasteiger partial charge in [-0.05, 0) is 35.2 Å². The molecule has 0 bridgehead atoms. The van der Waals surface area contributed by atoms with E-state index < -0.39 is 0 Å². The molecule has 4 heteroatoms. The Morgan fingerprint density at radius 2 is 2.00 bits per heavy atom. The first-order valence-corrected chi connectivity index (χ1v) is 6.26. The predicted molar refractivity (Wildman–Crippen MR) is 68.9 cm³/mol. The van der Waals surface area contributed by atoms with Crippen LogP contribution < -0.4 is 0 Å². The molecule has 3 nitrogen and oxygen atoms in total. The molecule has 3 aromatic heterocycles. The van der Waals surface area contributed by atoms with Crippen molar-refractivity contribution in [1.29, 1.82) is 0 Å². The molecule has 0 atom stereocenters. The largest absolute Gasteiger partial charge is 0.268 e. The smallest absolute Gasteiger partial charge is 0.102 e. The maximum Gasteiger partial charge on any atom is 0.102 e. The summed E-state index contributed by atoms with van der Waals surface area (Å²) in [7, 11) is 0. The van der Waals surface area contributed by atoms with E-state index in [4.69, 9.17) is 0 Å². The lowest BCUT2D eigenvalue weighted by atomic mass is 10.3. The van der Waals surface area contributed by atoms with Crippen molar-refractivity contribution in [3.05, 3.63) is 59.9 Å². The van der Waals surface area contributed by atoms with E-state index in [1.165, 1.54) is 10.4 Å². The van der Waals surface area contributed by atoms with Gasteiger partial charge in [0.1, 0.15) is 5.69 Å². The molecule has 0 aliphatic rings. The van der Waals surface area contributed by atoms with Gasteiger partial charge >= 0.3 is 0 Å². The number of aromatic nitrogens is 3. The van der Waals surface area contributed by atoms with E-state index in [1.807, 2.05) is 35.1 Å². The minimum absolute atomic E-state index is 0.786. The first-order chi connectivity index (χ1) is 8.42. The zero-order valence-corrected chi connectivity index (χ0v) is 9.97. The Labute approximate surface area is 103 Å². The summed E-state index contributed by atoms with van der Waals surface area (Å²) in [5.74, 6) is 0. The van der Waals surface area contributed by atoms with Crippen molar-refractivity contribution in [2.45, 2.75) is 6.54 Å². The normalized spacial score (nSPS) is 10.6. The minimum atomic E-state index is 0.786. The van der Waals surface area contributed by atoms with Crippen LogP contribution in [0.1, 0.15) is 5.56 Å². The highest BCUT2D eigenvalue weighted by Crippen LogP contribution is 2.22. The van der Waals surface area contributed by atoms with E-state index in [2.05, 4.69) is 21.5 Å². The highest BCUT2D eigenvalue weighted by molar-refractivity contribution is 7.13. The monoisotopic (exact) mass is 241 g/mol. The number of hydrogen-bond acceptors (Lipinski definition) is 3. The molecule has 3 aromatic rings. The van der Waals surface area contributed by atoms with E-state index in [-0.39, 0.29) is 0 Å². The van der Waals surface area contributed by atoms with Crippen LogP contribution in [0, 0.1) is 0 Å². The fraction of sp³-hybridized carbons (Fsp3) is 0.0769. The molecule has 0 unspecified atom stereocenters. The summed E-state index contributed by atoms with van der Waals surface area (Å²) < 4.78 is 1.95. The third-order valence-corrected chi connectivity index (χ3v) is 3.40. The first kappa shape index (κ1) is 10.2. The van der Waals surface area contributed by atoms with Gasteiger partial charge in [0.05, 0.1) is 11.4 Å². The van der Waals surface area contributed by atoms with Crippen LogP contribution in [-0.4, -0.2) is 14.8 Å². The van der Waals surface area contributed by atoms with Crippen LogP contribution >= 0.6 is 11.3 Å². The van der Waals surface area contributed by atoms with Gasteiger partial charge in [-0.25, -0.2) is 0 Å². The van der Waals surface area contributed by atoms with Crippen molar-refractivity contribution in [1.82, 2.24) is 14.8 Å². The molecule has 0 aliphatic carbocycles. The second-order valence-corrected chi connectivity index (χ2v) is 4.68. The molecule has 0 fully saturated rings. The van der Waals surface area contributed by atoms with Crippen LogP contribution in [0.4, 0.5) is 0 Å². The second-order valence-electron chi connectivity index (χ2n) is 3.73. The topological polar surface area (TPSA) is 30.7 Å². The fourth-order valence-corrected chi connectivity index (χ4v) is 2.37. The van der Waals surface area contributed by atoms with Crippen molar-refractivity contribution in [3.8, 4) is 10.6 Å². The second kappa shape index (κ2) is 4.51. The molecule has 0 aromatic carbocycles. The molecule has 0 saturated carbocycles. The Hall–Kier alpha value is -1.94. The van der Waals surface area contributed by atoms with Crippen LogP contribution in [0.5, 0.6) is 0 Å². The standard InChI is InChI=1S/C13H11N3S/c1-2-13(17-9-1)12-5-8-16(15-12)10-11-3-6-14-7-4-11/h1-9H,10H2. The summed E-state index contributed by atoms with van der Waals surface area (Å²) in [5, 5.41) is 6.62. The molecule has 84 valence electrons. The quantitative estimate of drug-likeness (QED) is 0.705. The van der Waals surface area contributed by atoms with E-state index in [9.17, 15) is 0 Å². The summed E-state index contributed by atoms with van der Waals surface area (Å²) in [6.07, 6.45) is 5.62. The van der Waals surface area contributed by atoms with Gasteiger partial charge in [0, 0.05) is 18.6 Å². The van der Waals surface area contributed by atoms with E-state index in [0.717, 1.165) is 12.2 Å². The maximum absolute atomic E-state index is 4.55. The number of rotatable bonds is 3. The van der Waals surface area contributed by atoms with Gasteiger partial charge in [-0.15, -0.1) is 11.3 Å². The zero-order chi connectivity index (χ0) is 11.5. The van der Waals surface area contributed by atoms with Crippen molar-refractivity contribution in [2.75, 3.05) is 0 Å². The van der Waals surface area contributed by atoms with Gasteiger partial charge in [-0.3, -0.25) is 9.67 Å². The Morgan fingerprint density at radius 3 is 2.76 bits per heavy atom. The number of pyridine rings is 1. The van der Waals surface area contributed by atoms with E-state index in [0.29, 0.717) is 0 Å². The molecule has 17 heavy (non-hydrogen) atoms. The van der Waals surface area contributed by atoms with Crippen LogP contribution in [0.2, 0.25) is 0 Å². The highest BCUT2D eigenvalue weighted by Gasteiger charge is 2.03. The van der Waals surface area contributed by atoms with Gasteiger partial charge < -0.3 is 0 Å². The number of hydrogen-bond donors (Lipinski definition) is 0. The summed E-state index contributed by atoms with van der Waals surface area (Å²) in [4.78, 5) is 5.21. The number of nitrogens with zero attached hydrogens (tertiary/aromatic N) is 3. The van der Waals surface area contributed by atoms with Crippen LogP contribution in [0.25, 0.3) is 10.6 Å². The molecule has 0 N–H and O–H groups in total. The lowest BCUT2D eigenvalue weighted by Crippen LogP contribution is -2.00. The average Bonchev–Trinajstić information content (AvgIpc) is 3.00. The molecular formula is C13H11N3S. The zero-order valence-electron chi connectivity index (χ0n) is 9.15.